The molecule has 2 aromatic rings. The molecule has 142 valence electrons. The van der Waals surface area contributed by atoms with Gasteiger partial charge in [-0.15, -0.1) is 0 Å². The Hall–Kier alpha value is -2.14. The maximum atomic E-state index is 13.1. The highest BCUT2D eigenvalue weighted by atomic mass is 16.2. The van der Waals surface area contributed by atoms with Crippen molar-refractivity contribution in [3.05, 3.63) is 53.3 Å². The summed E-state index contributed by atoms with van der Waals surface area (Å²) in [5, 5.41) is 4.56. The fraction of sp³-hybridized carbons (Fsp3) is 0.545. The molecule has 1 saturated heterocycles. The topological polar surface area (TPSA) is 41.4 Å². The first-order valence-electron chi connectivity index (χ1n) is 10.4. The lowest BCUT2D eigenvalue weighted by Gasteiger charge is -2.36. The van der Waals surface area contributed by atoms with Crippen LogP contribution in [-0.4, -0.2) is 51.7 Å². The average Bonchev–Trinajstić information content (AvgIpc) is 3.41. The zero-order valence-electron chi connectivity index (χ0n) is 15.9. The molecule has 0 N–H and O–H groups in total. The van der Waals surface area contributed by atoms with Crippen molar-refractivity contribution in [3.63, 3.8) is 0 Å². The van der Waals surface area contributed by atoms with E-state index in [9.17, 15) is 4.79 Å². The lowest BCUT2D eigenvalue weighted by Crippen LogP contribution is -2.45. The highest BCUT2D eigenvalue weighted by molar-refractivity contribution is 5.76. The Morgan fingerprint density at radius 3 is 2.56 bits per heavy atom. The van der Waals surface area contributed by atoms with Crippen molar-refractivity contribution in [1.29, 1.82) is 0 Å². The molecule has 0 spiro atoms. The van der Waals surface area contributed by atoms with Crippen molar-refractivity contribution in [1.82, 2.24) is 19.6 Å². The van der Waals surface area contributed by atoms with Crippen LogP contribution in [-0.2, 0) is 24.2 Å². The lowest BCUT2D eigenvalue weighted by atomic mass is 10.0. The van der Waals surface area contributed by atoms with Crippen LogP contribution in [0, 0.1) is 5.92 Å². The molecule has 27 heavy (non-hydrogen) atoms. The molecule has 1 aromatic heterocycles. The van der Waals surface area contributed by atoms with Gasteiger partial charge < -0.3 is 9.80 Å². The van der Waals surface area contributed by atoms with Crippen LogP contribution in [0.3, 0.4) is 0 Å². The monoisotopic (exact) mass is 364 g/mol. The van der Waals surface area contributed by atoms with Gasteiger partial charge in [-0.05, 0) is 61.9 Å². The van der Waals surface area contributed by atoms with Crippen LogP contribution in [0.5, 0.6) is 0 Å². The smallest absolute Gasteiger partial charge is 0.223 e. The third-order valence-corrected chi connectivity index (χ3v) is 6.50. The van der Waals surface area contributed by atoms with Crippen LogP contribution < -0.4 is 0 Å². The van der Waals surface area contributed by atoms with E-state index in [1.54, 1.807) is 0 Å². The number of rotatable bonds is 4. The van der Waals surface area contributed by atoms with Gasteiger partial charge in [0.2, 0.25) is 5.91 Å². The van der Waals surface area contributed by atoms with Crippen molar-refractivity contribution in [2.45, 2.75) is 44.7 Å². The molecule has 3 heterocycles. The standard InChI is InChI=1S/C22H28N4O/c27-22(13-17-11-18-5-1-2-6-19(18)12-17)25-15-20-7-8-23-26(20)21(16-25)14-24-9-3-4-10-24/h1-2,5-8,17,21H,3-4,9-16H2. The van der Waals surface area contributed by atoms with Crippen LogP contribution in [0.1, 0.15) is 42.1 Å². The summed E-state index contributed by atoms with van der Waals surface area (Å²) in [6.45, 7) is 4.87. The Bertz CT molecular complexity index is 798. The van der Waals surface area contributed by atoms with E-state index in [0.29, 0.717) is 24.8 Å². The maximum absolute atomic E-state index is 13.1. The zero-order chi connectivity index (χ0) is 18.2. The number of hydrogen-bond donors (Lipinski definition) is 0. The number of likely N-dealkylation sites (tertiary alicyclic amines) is 1. The Morgan fingerprint density at radius 2 is 1.81 bits per heavy atom. The number of benzene rings is 1. The molecule has 1 fully saturated rings. The first-order chi connectivity index (χ1) is 13.3. The van der Waals surface area contributed by atoms with Crippen molar-refractivity contribution >= 4 is 5.91 Å². The second kappa shape index (κ2) is 7.12. The van der Waals surface area contributed by atoms with Crippen LogP contribution in [0.4, 0.5) is 0 Å². The number of carbonyl (C=O) groups is 1. The second-order valence-electron chi connectivity index (χ2n) is 8.45. The first kappa shape index (κ1) is 17.0. The van der Waals surface area contributed by atoms with Crippen molar-refractivity contribution in [3.8, 4) is 0 Å². The molecule has 1 aromatic carbocycles. The highest BCUT2D eigenvalue weighted by Gasteiger charge is 2.32. The van der Waals surface area contributed by atoms with E-state index in [4.69, 9.17) is 0 Å². The molecule has 1 unspecified atom stereocenters. The molecule has 1 amide bonds. The van der Waals surface area contributed by atoms with E-state index in [2.05, 4.69) is 49.9 Å². The maximum Gasteiger partial charge on any atom is 0.223 e. The third kappa shape index (κ3) is 3.41. The summed E-state index contributed by atoms with van der Waals surface area (Å²) in [6.07, 6.45) is 7.23. The molecule has 2 aliphatic heterocycles. The summed E-state index contributed by atoms with van der Waals surface area (Å²) in [7, 11) is 0. The summed E-state index contributed by atoms with van der Waals surface area (Å²) >= 11 is 0. The minimum Gasteiger partial charge on any atom is -0.335 e. The van der Waals surface area contributed by atoms with Gasteiger partial charge in [0.05, 0.1) is 18.3 Å². The highest BCUT2D eigenvalue weighted by Crippen LogP contribution is 2.30. The van der Waals surface area contributed by atoms with Gasteiger partial charge in [0.1, 0.15) is 0 Å². The quantitative estimate of drug-likeness (QED) is 0.838. The fourth-order valence-electron chi connectivity index (χ4n) is 5.15. The molecular weight excluding hydrogens is 336 g/mol. The molecule has 3 aliphatic rings. The van der Waals surface area contributed by atoms with Crippen LogP contribution in [0.15, 0.2) is 36.5 Å². The number of fused-ring (bicyclic) bond motifs is 2. The van der Waals surface area contributed by atoms with E-state index in [1.807, 2.05) is 6.20 Å². The summed E-state index contributed by atoms with van der Waals surface area (Å²) in [5.74, 6) is 0.769. The molecule has 5 rings (SSSR count). The molecule has 1 aliphatic carbocycles. The van der Waals surface area contributed by atoms with E-state index in [0.717, 1.165) is 25.9 Å². The van der Waals surface area contributed by atoms with Gasteiger partial charge in [-0.3, -0.25) is 9.48 Å². The van der Waals surface area contributed by atoms with Gasteiger partial charge >= 0.3 is 0 Å². The summed E-state index contributed by atoms with van der Waals surface area (Å²) in [6, 6.07) is 11.0. The van der Waals surface area contributed by atoms with Crippen LogP contribution in [0.2, 0.25) is 0 Å². The van der Waals surface area contributed by atoms with E-state index in [1.165, 1.54) is 42.8 Å². The Labute approximate surface area is 161 Å². The van der Waals surface area contributed by atoms with E-state index < -0.39 is 0 Å². The number of aromatic nitrogens is 2. The number of nitrogens with zero attached hydrogens (tertiary/aromatic N) is 4. The van der Waals surface area contributed by atoms with Gasteiger partial charge in [-0.25, -0.2) is 0 Å². The number of hydrogen-bond acceptors (Lipinski definition) is 3. The summed E-state index contributed by atoms with van der Waals surface area (Å²) in [4.78, 5) is 17.7. The largest absolute Gasteiger partial charge is 0.335 e. The summed E-state index contributed by atoms with van der Waals surface area (Å²) in [5.41, 5.74) is 4.03. The Morgan fingerprint density at radius 1 is 1.07 bits per heavy atom. The van der Waals surface area contributed by atoms with Crippen LogP contribution >= 0.6 is 0 Å². The van der Waals surface area contributed by atoms with Gasteiger partial charge in [0.25, 0.3) is 0 Å². The van der Waals surface area contributed by atoms with Gasteiger partial charge in [0, 0.05) is 25.7 Å². The minimum atomic E-state index is 0.284. The SMILES string of the molecule is O=C(CC1Cc2ccccc2C1)N1Cc2ccnn2C(CN2CCCC2)C1. The van der Waals surface area contributed by atoms with Gasteiger partial charge in [0.15, 0.2) is 0 Å². The lowest BCUT2D eigenvalue weighted by molar-refractivity contribution is -0.134. The molecule has 0 bridgehead atoms. The van der Waals surface area contributed by atoms with E-state index in [-0.39, 0.29) is 6.04 Å². The molecule has 5 heteroatoms. The third-order valence-electron chi connectivity index (χ3n) is 6.50. The fourth-order valence-corrected chi connectivity index (χ4v) is 5.15. The van der Waals surface area contributed by atoms with Gasteiger partial charge in [-0.1, -0.05) is 24.3 Å². The normalized spacial score (nSPS) is 22.8. The Balaban J connectivity index is 1.26. The van der Waals surface area contributed by atoms with Crippen molar-refractivity contribution in [2.75, 3.05) is 26.2 Å². The zero-order valence-corrected chi connectivity index (χ0v) is 15.9. The molecule has 1 atom stereocenters. The van der Waals surface area contributed by atoms with Crippen molar-refractivity contribution < 1.29 is 4.79 Å². The molecular formula is C22H28N4O. The molecule has 0 saturated carbocycles. The predicted molar refractivity (Wildman–Crippen MR) is 104 cm³/mol. The second-order valence-corrected chi connectivity index (χ2v) is 8.45. The average molecular weight is 364 g/mol. The molecule has 0 radical (unpaired) electrons. The Kier molecular flexibility index (Phi) is 4.48. The van der Waals surface area contributed by atoms with E-state index >= 15 is 0 Å². The molecule has 5 nitrogen and oxygen atoms in total. The van der Waals surface area contributed by atoms with Gasteiger partial charge in [-0.2, -0.15) is 5.10 Å². The minimum absolute atomic E-state index is 0.284. The van der Waals surface area contributed by atoms with Crippen LogP contribution in [0.25, 0.3) is 0 Å². The van der Waals surface area contributed by atoms with Crippen molar-refractivity contribution in [2.24, 2.45) is 5.92 Å². The predicted octanol–water partition coefficient (Wildman–Crippen LogP) is 2.67. The summed E-state index contributed by atoms with van der Waals surface area (Å²) < 4.78 is 2.16. The first-order valence-corrected chi connectivity index (χ1v) is 10.4. The number of amides is 1. The number of carbonyl (C=O) groups excluding carboxylic acids is 1.